The molecule has 0 rings (SSSR count). The summed E-state index contributed by atoms with van der Waals surface area (Å²) in [6.45, 7) is 5.51. The highest BCUT2D eigenvalue weighted by Crippen LogP contribution is 1.93. The molecule has 0 aromatic heterocycles. The van der Waals surface area contributed by atoms with Gasteiger partial charge in [-0.25, -0.2) is 0 Å². The van der Waals surface area contributed by atoms with Gasteiger partial charge in [0.1, 0.15) is 0 Å². The van der Waals surface area contributed by atoms with Crippen LogP contribution in [0.25, 0.3) is 0 Å². The van der Waals surface area contributed by atoms with Crippen molar-refractivity contribution in [1.29, 1.82) is 0 Å². The second-order valence-corrected chi connectivity index (χ2v) is 5.27. The Labute approximate surface area is 66.5 Å². The zero-order valence-electron chi connectivity index (χ0n) is 5.89. The van der Waals surface area contributed by atoms with Crippen LogP contribution in [0.3, 0.4) is 0 Å². The topological polar surface area (TPSA) is 18.5 Å². The van der Waals surface area contributed by atoms with Gasteiger partial charge in [0.15, 0.2) is 0 Å². The monoisotopic (exact) mass is 212 g/mol. The molecule has 0 aliphatic heterocycles. The molecule has 2 nitrogen and oxygen atoms in total. The standard InChI is InChI=1S/C5H13BrO2Si/c1-3-7-9(5-6)8-4-2/h9H,3-5H2,1-2H3. The van der Waals surface area contributed by atoms with E-state index in [0.29, 0.717) is 0 Å². The molecule has 0 fully saturated rings. The number of hydrogen-bond donors (Lipinski definition) is 0. The highest BCUT2D eigenvalue weighted by molar-refractivity contribution is 9.09. The number of rotatable bonds is 5. The van der Waals surface area contributed by atoms with Crippen LogP contribution in [0, 0.1) is 0 Å². The number of alkyl halides is 1. The Hall–Kier alpha value is 0.617. The molecule has 0 atom stereocenters. The Balaban J connectivity index is 3.18. The van der Waals surface area contributed by atoms with Crippen LogP contribution < -0.4 is 0 Å². The van der Waals surface area contributed by atoms with Crippen molar-refractivity contribution < 1.29 is 8.85 Å². The summed E-state index contributed by atoms with van der Waals surface area (Å²) >= 11 is 3.33. The van der Waals surface area contributed by atoms with Crippen molar-refractivity contribution in [3.63, 3.8) is 0 Å². The summed E-state index contributed by atoms with van der Waals surface area (Å²) in [5.74, 6) is 0. The average molecular weight is 213 g/mol. The normalized spacial score (nSPS) is 10.7. The maximum absolute atomic E-state index is 5.30. The molecule has 0 unspecified atom stereocenters. The molecule has 0 heterocycles. The smallest absolute Gasteiger partial charge is 0.332 e. The molecule has 0 aliphatic carbocycles. The van der Waals surface area contributed by atoms with E-state index in [1.165, 1.54) is 0 Å². The number of halogens is 1. The molecule has 0 N–H and O–H groups in total. The summed E-state index contributed by atoms with van der Waals surface area (Å²) in [6, 6.07) is 0. The van der Waals surface area contributed by atoms with E-state index < -0.39 is 9.28 Å². The van der Waals surface area contributed by atoms with Gasteiger partial charge in [-0.3, -0.25) is 0 Å². The van der Waals surface area contributed by atoms with Gasteiger partial charge in [0.05, 0.1) is 0 Å². The van der Waals surface area contributed by atoms with Crippen LogP contribution in [0.5, 0.6) is 0 Å². The van der Waals surface area contributed by atoms with Crippen molar-refractivity contribution in [2.75, 3.05) is 18.2 Å². The summed E-state index contributed by atoms with van der Waals surface area (Å²) in [5.41, 5.74) is 0. The van der Waals surface area contributed by atoms with Gasteiger partial charge in [0.2, 0.25) is 0 Å². The molecule has 0 radical (unpaired) electrons. The van der Waals surface area contributed by atoms with Gasteiger partial charge in [-0.05, 0) is 13.8 Å². The summed E-state index contributed by atoms with van der Waals surface area (Å²) in [7, 11) is -1.30. The Kier molecular flexibility index (Phi) is 7.19. The van der Waals surface area contributed by atoms with Gasteiger partial charge in [-0.2, -0.15) is 0 Å². The van der Waals surface area contributed by atoms with Crippen molar-refractivity contribution in [1.82, 2.24) is 0 Å². The zero-order valence-corrected chi connectivity index (χ0v) is 8.63. The lowest BCUT2D eigenvalue weighted by molar-refractivity contribution is 0.219. The van der Waals surface area contributed by atoms with E-state index in [0.717, 1.165) is 18.2 Å². The highest BCUT2D eigenvalue weighted by Gasteiger charge is 2.07. The third kappa shape index (κ3) is 5.08. The quantitative estimate of drug-likeness (QED) is 0.505. The van der Waals surface area contributed by atoms with Crippen molar-refractivity contribution in [3.05, 3.63) is 0 Å². The third-order valence-electron chi connectivity index (χ3n) is 0.831. The first kappa shape index (κ1) is 9.62. The minimum Gasteiger partial charge on any atom is -0.396 e. The fraction of sp³-hybridized carbons (Fsp3) is 1.00. The molecule has 0 saturated carbocycles. The maximum atomic E-state index is 5.30. The second kappa shape index (κ2) is 6.73. The Morgan fingerprint density at radius 3 is 1.89 bits per heavy atom. The molecule has 0 aromatic carbocycles. The van der Waals surface area contributed by atoms with E-state index in [1.807, 2.05) is 13.8 Å². The molecular weight excluding hydrogens is 200 g/mol. The van der Waals surface area contributed by atoms with Gasteiger partial charge >= 0.3 is 9.28 Å². The lowest BCUT2D eigenvalue weighted by atomic mass is 10.9. The molecule has 56 valence electrons. The van der Waals surface area contributed by atoms with Crippen LogP contribution in [0.15, 0.2) is 0 Å². The lowest BCUT2D eigenvalue weighted by Gasteiger charge is -2.10. The third-order valence-corrected chi connectivity index (χ3v) is 4.08. The Bertz CT molecular complexity index is 56.9. The van der Waals surface area contributed by atoms with E-state index in [2.05, 4.69) is 15.9 Å². The molecule has 9 heavy (non-hydrogen) atoms. The molecule has 4 heteroatoms. The van der Waals surface area contributed by atoms with Crippen molar-refractivity contribution in [3.8, 4) is 0 Å². The van der Waals surface area contributed by atoms with Crippen molar-refractivity contribution in [2.24, 2.45) is 0 Å². The van der Waals surface area contributed by atoms with Crippen molar-refractivity contribution in [2.45, 2.75) is 13.8 Å². The molecule has 0 aliphatic rings. The summed E-state index contributed by atoms with van der Waals surface area (Å²) in [5, 5.41) is 0. The van der Waals surface area contributed by atoms with E-state index in [9.17, 15) is 0 Å². The fourth-order valence-electron chi connectivity index (χ4n) is 0.509. The van der Waals surface area contributed by atoms with E-state index in [-0.39, 0.29) is 0 Å². The van der Waals surface area contributed by atoms with Gasteiger partial charge in [0.25, 0.3) is 0 Å². The van der Waals surface area contributed by atoms with E-state index in [1.54, 1.807) is 0 Å². The van der Waals surface area contributed by atoms with Gasteiger partial charge < -0.3 is 8.85 Å². The molecule has 0 aromatic rings. The van der Waals surface area contributed by atoms with Crippen LogP contribution in [0.1, 0.15) is 13.8 Å². The minimum atomic E-state index is -1.30. The average Bonchev–Trinajstić information content (AvgIpc) is 1.88. The summed E-state index contributed by atoms with van der Waals surface area (Å²) < 4.78 is 10.6. The number of hydrogen-bond acceptors (Lipinski definition) is 2. The molecular formula is C5H13BrO2Si. The highest BCUT2D eigenvalue weighted by atomic mass is 79.9. The predicted octanol–water partition coefficient (Wildman–Crippen LogP) is 1.21. The molecule has 0 saturated heterocycles. The first-order valence-electron chi connectivity index (χ1n) is 3.14. The molecule has 0 spiro atoms. The van der Waals surface area contributed by atoms with Crippen LogP contribution >= 0.6 is 15.9 Å². The van der Waals surface area contributed by atoms with Crippen LogP contribution in [-0.4, -0.2) is 27.5 Å². The van der Waals surface area contributed by atoms with Crippen LogP contribution in [0.4, 0.5) is 0 Å². The van der Waals surface area contributed by atoms with Gasteiger partial charge in [0, 0.05) is 18.2 Å². The predicted molar refractivity (Wildman–Crippen MR) is 44.2 cm³/mol. The summed E-state index contributed by atoms with van der Waals surface area (Å²) in [6.07, 6.45) is 0. The first-order chi connectivity index (χ1) is 4.35. The Morgan fingerprint density at radius 2 is 1.67 bits per heavy atom. The van der Waals surface area contributed by atoms with E-state index in [4.69, 9.17) is 8.85 Å². The van der Waals surface area contributed by atoms with Gasteiger partial charge in [-0.1, -0.05) is 15.9 Å². The van der Waals surface area contributed by atoms with Gasteiger partial charge in [-0.15, -0.1) is 0 Å². The summed E-state index contributed by atoms with van der Waals surface area (Å²) in [4.78, 5) is 0.884. The largest absolute Gasteiger partial charge is 0.396 e. The first-order valence-corrected chi connectivity index (χ1v) is 6.02. The van der Waals surface area contributed by atoms with E-state index >= 15 is 0 Å². The molecule has 0 amide bonds. The second-order valence-electron chi connectivity index (χ2n) is 1.49. The Morgan fingerprint density at radius 1 is 1.22 bits per heavy atom. The molecule has 0 bridgehead atoms. The zero-order chi connectivity index (χ0) is 7.11. The lowest BCUT2D eigenvalue weighted by Crippen LogP contribution is -2.24. The maximum Gasteiger partial charge on any atom is 0.332 e. The van der Waals surface area contributed by atoms with Crippen LogP contribution in [0.2, 0.25) is 0 Å². The van der Waals surface area contributed by atoms with Crippen LogP contribution in [-0.2, 0) is 8.85 Å². The fourth-order valence-corrected chi connectivity index (χ4v) is 2.65. The van der Waals surface area contributed by atoms with Crippen molar-refractivity contribution >= 4 is 25.2 Å². The SMILES string of the molecule is CCO[SiH](CBr)OCC. The minimum absolute atomic E-state index is 0.766.